The molecular weight excluding hydrogens is 250 g/mol. The van der Waals surface area contributed by atoms with E-state index in [9.17, 15) is 9.90 Å². The van der Waals surface area contributed by atoms with Gasteiger partial charge in [-0.3, -0.25) is 4.79 Å². The van der Waals surface area contributed by atoms with E-state index in [0.29, 0.717) is 6.42 Å². The summed E-state index contributed by atoms with van der Waals surface area (Å²) in [6.07, 6.45) is 7.50. The molecule has 3 heteroatoms. The summed E-state index contributed by atoms with van der Waals surface area (Å²) in [7, 11) is 0. The third-order valence-electron chi connectivity index (χ3n) is 4.07. The van der Waals surface area contributed by atoms with Crippen molar-refractivity contribution in [3.63, 3.8) is 0 Å². The second kappa shape index (κ2) is 7.44. The molecule has 0 aliphatic carbocycles. The molecule has 1 aliphatic rings. The number of carbonyl (C=O) groups is 1. The molecular formula is C17H25NO2. The normalized spacial score (nSPS) is 18.8. The van der Waals surface area contributed by atoms with E-state index in [1.807, 2.05) is 12.1 Å². The number of hydrogen-bond acceptors (Lipinski definition) is 2. The maximum absolute atomic E-state index is 11.9. The predicted molar refractivity (Wildman–Crippen MR) is 81.9 cm³/mol. The van der Waals surface area contributed by atoms with E-state index >= 15 is 0 Å². The first-order valence-electron chi connectivity index (χ1n) is 7.78. The fraction of sp³-hybridized carbons (Fsp3) is 0.588. The van der Waals surface area contributed by atoms with Crippen LogP contribution in [0, 0.1) is 0 Å². The summed E-state index contributed by atoms with van der Waals surface area (Å²) in [4.78, 5) is 13.6. The Hall–Kier alpha value is -1.35. The number of aryl methyl sites for hydroxylation is 1. The van der Waals surface area contributed by atoms with Gasteiger partial charge in [0.1, 0.15) is 0 Å². The molecule has 1 saturated heterocycles. The van der Waals surface area contributed by atoms with Crippen molar-refractivity contribution in [3.8, 4) is 0 Å². The molecule has 1 N–H and O–H groups in total. The molecule has 110 valence electrons. The molecule has 1 atom stereocenters. The first-order chi connectivity index (χ1) is 9.76. The van der Waals surface area contributed by atoms with Crippen molar-refractivity contribution in [3.05, 3.63) is 29.8 Å². The molecule has 1 aromatic carbocycles. The molecule has 1 heterocycles. The van der Waals surface area contributed by atoms with Crippen LogP contribution in [0.1, 0.15) is 51.0 Å². The van der Waals surface area contributed by atoms with Crippen LogP contribution in [0.3, 0.4) is 0 Å². The minimum absolute atomic E-state index is 0.0436. The van der Waals surface area contributed by atoms with E-state index in [1.54, 1.807) is 4.90 Å². The van der Waals surface area contributed by atoms with Gasteiger partial charge in [-0.1, -0.05) is 38.3 Å². The van der Waals surface area contributed by atoms with E-state index in [0.717, 1.165) is 18.5 Å². The van der Waals surface area contributed by atoms with Gasteiger partial charge in [0, 0.05) is 12.1 Å². The fourth-order valence-corrected chi connectivity index (χ4v) is 2.85. The van der Waals surface area contributed by atoms with E-state index < -0.39 is 0 Å². The molecule has 0 saturated carbocycles. The topological polar surface area (TPSA) is 40.5 Å². The number of carbonyl (C=O) groups excluding carboxylic acids is 1. The smallest absolute Gasteiger partial charge is 0.227 e. The first kappa shape index (κ1) is 15.0. The van der Waals surface area contributed by atoms with E-state index in [-0.39, 0.29) is 18.6 Å². The molecule has 20 heavy (non-hydrogen) atoms. The predicted octanol–water partition coefficient (Wildman–Crippen LogP) is 3.30. The summed E-state index contributed by atoms with van der Waals surface area (Å²) in [6.45, 7) is 2.27. The van der Waals surface area contributed by atoms with Gasteiger partial charge in [-0.05, 0) is 37.0 Å². The molecule has 2 rings (SSSR count). The van der Waals surface area contributed by atoms with Crippen LogP contribution in [0.5, 0.6) is 0 Å². The van der Waals surface area contributed by atoms with Gasteiger partial charge in [0.05, 0.1) is 12.6 Å². The Morgan fingerprint density at radius 2 is 1.95 bits per heavy atom. The van der Waals surface area contributed by atoms with Gasteiger partial charge >= 0.3 is 0 Å². The highest BCUT2D eigenvalue weighted by molar-refractivity contribution is 5.96. The number of hydrogen-bond donors (Lipinski definition) is 1. The number of anilines is 1. The fourth-order valence-electron chi connectivity index (χ4n) is 2.85. The first-order valence-corrected chi connectivity index (χ1v) is 7.78. The lowest BCUT2D eigenvalue weighted by Crippen LogP contribution is -2.35. The van der Waals surface area contributed by atoms with Crippen LogP contribution in [0.15, 0.2) is 24.3 Å². The van der Waals surface area contributed by atoms with Crippen LogP contribution >= 0.6 is 0 Å². The molecule has 1 fully saturated rings. The summed E-state index contributed by atoms with van der Waals surface area (Å²) < 4.78 is 0. The van der Waals surface area contributed by atoms with Crippen molar-refractivity contribution in [2.45, 2.75) is 57.9 Å². The van der Waals surface area contributed by atoms with Gasteiger partial charge < -0.3 is 10.0 Å². The third kappa shape index (κ3) is 3.60. The van der Waals surface area contributed by atoms with Crippen LogP contribution in [0.4, 0.5) is 5.69 Å². The number of rotatable bonds is 7. The van der Waals surface area contributed by atoms with Gasteiger partial charge in [-0.2, -0.15) is 0 Å². The van der Waals surface area contributed by atoms with E-state index in [4.69, 9.17) is 0 Å². The maximum Gasteiger partial charge on any atom is 0.227 e. The van der Waals surface area contributed by atoms with Gasteiger partial charge in [0.25, 0.3) is 0 Å². The standard InChI is InChI=1S/C17H25NO2/c1-2-3-4-5-6-14-7-9-15(10-8-14)18-16(13-19)11-12-17(18)20/h7-10,16,19H,2-6,11-13H2,1H3/t16-/m1/s1. The Kier molecular flexibility index (Phi) is 5.60. The molecule has 0 unspecified atom stereocenters. The van der Waals surface area contributed by atoms with Crippen LogP contribution in [-0.2, 0) is 11.2 Å². The number of unbranched alkanes of at least 4 members (excludes halogenated alkanes) is 3. The lowest BCUT2D eigenvalue weighted by atomic mass is 10.1. The Morgan fingerprint density at radius 1 is 1.20 bits per heavy atom. The number of nitrogens with zero attached hydrogens (tertiary/aromatic N) is 1. The summed E-state index contributed by atoms with van der Waals surface area (Å²) in [6, 6.07) is 8.21. The summed E-state index contributed by atoms with van der Waals surface area (Å²) in [5.74, 6) is 0.125. The van der Waals surface area contributed by atoms with Crippen LogP contribution < -0.4 is 4.90 Å². The maximum atomic E-state index is 11.9. The van der Waals surface area contributed by atoms with Crippen molar-refractivity contribution in [1.29, 1.82) is 0 Å². The lowest BCUT2D eigenvalue weighted by molar-refractivity contribution is -0.117. The van der Waals surface area contributed by atoms with Crippen molar-refractivity contribution < 1.29 is 9.90 Å². The number of aliphatic hydroxyl groups is 1. The zero-order chi connectivity index (χ0) is 14.4. The Labute approximate surface area is 121 Å². The molecule has 1 aliphatic heterocycles. The van der Waals surface area contributed by atoms with Crippen molar-refractivity contribution in [1.82, 2.24) is 0 Å². The molecule has 0 aromatic heterocycles. The monoisotopic (exact) mass is 275 g/mol. The van der Waals surface area contributed by atoms with Crippen LogP contribution in [0.25, 0.3) is 0 Å². The van der Waals surface area contributed by atoms with Crippen molar-refractivity contribution in [2.75, 3.05) is 11.5 Å². The SMILES string of the molecule is CCCCCCc1ccc(N2C(=O)CC[C@@H]2CO)cc1. The second-order valence-electron chi connectivity index (χ2n) is 5.62. The average Bonchev–Trinajstić information content (AvgIpc) is 2.85. The van der Waals surface area contributed by atoms with Crippen molar-refractivity contribution in [2.24, 2.45) is 0 Å². The minimum Gasteiger partial charge on any atom is -0.394 e. The lowest BCUT2D eigenvalue weighted by Gasteiger charge is -2.23. The minimum atomic E-state index is -0.0436. The zero-order valence-electron chi connectivity index (χ0n) is 12.3. The number of benzene rings is 1. The Bertz CT molecular complexity index is 427. The molecule has 1 amide bonds. The second-order valence-corrected chi connectivity index (χ2v) is 5.62. The third-order valence-corrected chi connectivity index (χ3v) is 4.07. The van der Waals surface area contributed by atoms with Gasteiger partial charge in [0.15, 0.2) is 0 Å². The summed E-state index contributed by atoms with van der Waals surface area (Å²) in [5.41, 5.74) is 2.25. The molecule has 0 bridgehead atoms. The van der Waals surface area contributed by atoms with Gasteiger partial charge in [0.2, 0.25) is 5.91 Å². The van der Waals surface area contributed by atoms with Gasteiger partial charge in [-0.15, -0.1) is 0 Å². The summed E-state index contributed by atoms with van der Waals surface area (Å²) in [5, 5.41) is 9.34. The van der Waals surface area contributed by atoms with Crippen molar-refractivity contribution >= 4 is 11.6 Å². The quantitative estimate of drug-likeness (QED) is 0.776. The summed E-state index contributed by atoms with van der Waals surface area (Å²) >= 11 is 0. The molecule has 1 aromatic rings. The molecule has 3 nitrogen and oxygen atoms in total. The van der Waals surface area contributed by atoms with E-state index in [2.05, 4.69) is 19.1 Å². The zero-order valence-corrected chi connectivity index (χ0v) is 12.3. The largest absolute Gasteiger partial charge is 0.394 e. The molecule has 0 radical (unpaired) electrons. The Balaban J connectivity index is 1.95. The Morgan fingerprint density at radius 3 is 2.60 bits per heavy atom. The number of amides is 1. The van der Waals surface area contributed by atoms with Gasteiger partial charge in [-0.25, -0.2) is 0 Å². The van der Waals surface area contributed by atoms with Crippen LogP contribution in [-0.4, -0.2) is 23.7 Å². The highest BCUT2D eigenvalue weighted by atomic mass is 16.3. The number of aliphatic hydroxyl groups excluding tert-OH is 1. The van der Waals surface area contributed by atoms with Crippen LogP contribution in [0.2, 0.25) is 0 Å². The average molecular weight is 275 g/mol. The highest BCUT2D eigenvalue weighted by Gasteiger charge is 2.31. The molecule has 0 spiro atoms. The highest BCUT2D eigenvalue weighted by Crippen LogP contribution is 2.26. The van der Waals surface area contributed by atoms with E-state index in [1.165, 1.54) is 31.2 Å².